The molecule has 0 aliphatic heterocycles. The second-order valence-electron chi connectivity index (χ2n) is 5.16. The first kappa shape index (κ1) is 22.6. The molecule has 9 heteroatoms. The second-order valence-corrected chi connectivity index (χ2v) is 5.16. The maximum absolute atomic E-state index is 11.8. The third-order valence-electron chi connectivity index (χ3n) is 3.40. The van der Waals surface area contributed by atoms with Crippen LogP contribution in [0.4, 0.5) is 5.69 Å². The number of carbonyl (C=O) groups is 1. The van der Waals surface area contributed by atoms with Crippen molar-refractivity contribution in [3.8, 4) is 11.5 Å². The maximum Gasteiger partial charge on any atom is 0.287 e. The molecule has 3 N–H and O–H groups in total. The fourth-order valence-electron chi connectivity index (χ4n) is 2.19. The van der Waals surface area contributed by atoms with Crippen molar-refractivity contribution in [3.05, 3.63) is 42.4 Å². The molecule has 27 heavy (non-hydrogen) atoms. The smallest absolute Gasteiger partial charge is 0.287 e. The van der Waals surface area contributed by atoms with Crippen LogP contribution in [0, 0.1) is 0 Å². The fourth-order valence-corrected chi connectivity index (χ4v) is 2.19. The van der Waals surface area contributed by atoms with E-state index in [1.807, 2.05) is 25.1 Å². The molecule has 2 aromatic rings. The Morgan fingerprint density at radius 2 is 1.96 bits per heavy atom. The van der Waals surface area contributed by atoms with E-state index in [2.05, 4.69) is 20.9 Å². The van der Waals surface area contributed by atoms with Gasteiger partial charge < -0.3 is 29.8 Å². The van der Waals surface area contributed by atoms with Gasteiger partial charge in [-0.25, -0.2) is 0 Å². The lowest BCUT2D eigenvalue weighted by atomic mass is 10.2. The third-order valence-corrected chi connectivity index (χ3v) is 3.40. The van der Waals surface area contributed by atoms with Crippen LogP contribution in [0.1, 0.15) is 17.5 Å². The van der Waals surface area contributed by atoms with Crippen LogP contribution >= 0.6 is 24.0 Å². The summed E-state index contributed by atoms with van der Waals surface area (Å²) in [5, 5.41) is 9.04. The van der Waals surface area contributed by atoms with Crippen molar-refractivity contribution in [2.45, 2.75) is 6.92 Å². The average molecular weight is 488 g/mol. The van der Waals surface area contributed by atoms with Crippen LogP contribution in [-0.4, -0.2) is 45.7 Å². The summed E-state index contributed by atoms with van der Waals surface area (Å²) in [5.41, 5.74) is 0.807. The summed E-state index contributed by atoms with van der Waals surface area (Å²) in [6.07, 6.45) is 1.46. The van der Waals surface area contributed by atoms with E-state index in [4.69, 9.17) is 13.9 Å². The van der Waals surface area contributed by atoms with Crippen molar-refractivity contribution in [2.75, 3.05) is 39.2 Å². The number of benzene rings is 1. The maximum atomic E-state index is 11.8. The van der Waals surface area contributed by atoms with Crippen LogP contribution in [-0.2, 0) is 0 Å². The number of aliphatic imine (C=N–C) groups is 1. The Labute approximate surface area is 175 Å². The summed E-state index contributed by atoms with van der Waals surface area (Å²) >= 11 is 0. The number of guanidine groups is 1. The van der Waals surface area contributed by atoms with Crippen molar-refractivity contribution < 1.29 is 18.7 Å². The Morgan fingerprint density at radius 3 is 2.59 bits per heavy atom. The molecule has 0 bridgehead atoms. The van der Waals surface area contributed by atoms with Crippen LogP contribution in [0.25, 0.3) is 0 Å². The van der Waals surface area contributed by atoms with Gasteiger partial charge in [-0.2, -0.15) is 0 Å². The molecule has 0 aliphatic rings. The van der Waals surface area contributed by atoms with Gasteiger partial charge in [0.05, 0.1) is 20.0 Å². The lowest BCUT2D eigenvalue weighted by Crippen LogP contribution is -2.37. The molecular weight excluding hydrogens is 463 g/mol. The van der Waals surface area contributed by atoms with Crippen LogP contribution in [0.3, 0.4) is 0 Å². The number of nitrogens with one attached hydrogen (secondary N) is 3. The van der Waals surface area contributed by atoms with Crippen molar-refractivity contribution in [2.24, 2.45) is 4.99 Å². The molecule has 0 aliphatic carbocycles. The molecule has 0 spiro atoms. The van der Waals surface area contributed by atoms with Gasteiger partial charge in [-0.3, -0.25) is 9.79 Å². The van der Waals surface area contributed by atoms with Crippen molar-refractivity contribution in [1.29, 1.82) is 0 Å². The zero-order valence-electron chi connectivity index (χ0n) is 15.6. The largest absolute Gasteiger partial charge is 0.493 e. The fraction of sp³-hybridized carbons (Fsp3) is 0.333. The van der Waals surface area contributed by atoms with Gasteiger partial charge >= 0.3 is 0 Å². The minimum absolute atomic E-state index is 0. The molecule has 148 valence electrons. The summed E-state index contributed by atoms with van der Waals surface area (Å²) in [5.74, 6) is 1.93. The standard InChI is InChI=1S/C18H24N4O4.HI/c1-4-25-16-12-13(7-8-14(16)24-3)22-18(19-2)21-10-9-20-17(23)15-6-5-11-26-15;/h5-8,11-12H,4,9-10H2,1-3H3,(H,20,23)(H2,19,21,22);1H. The van der Waals surface area contributed by atoms with E-state index in [0.717, 1.165) is 5.69 Å². The van der Waals surface area contributed by atoms with E-state index in [0.29, 0.717) is 37.2 Å². The molecule has 0 radical (unpaired) electrons. The van der Waals surface area contributed by atoms with E-state index in [1.54, 1.807) is 26.3 Å². The Hall–Kier alpha value is -2.43. The lowest BCUT2D eigenvalue weighted by Gasteiger charge is -2.14. The number of amides is 1. The highest BCUT2D eigenvalue weighted by Gasteiger charge is 2.08. The number of ether oxygens (including phenoxy) is 2. The first-order chi connectivity index (χ1) is 12.7. The number of anilines is 1. The Balaban J connectivity index is 0.00000364. The number of halogens is 1. The Morgan fingerprint density at radius 1 is 1.19 bits per heavy atom. The zero-order chi connectivity index (χ0) is 18.8. The predicted octanol–water partition coefficient (Wildman–Crippen LogP) is 2.72. The van der Waals surface area contributed by atoms with Gasteiger partial charge in [-0.05, 0) is 31.2 Å². The van der Waals surface area contributed by atoms with E-state index >= 15 is 0 Å². The van der Waals surface area contributed by atoms with Crippen LogP contribution in [0.15, 0.2) is 46.0 Å². The molecule has 1 aromatic carbocycles. The number of furan rings is 1. The lowest BCUT2D eigenvalue weighted by molar-refractivity contribution is 0.0926. The molecule has 8 nitrogen and oxygen atoms in total. The molecule has 1 heterocycles. The number of nitrogens with zero attached hydrogens (tertiary/aromatic N) is 1. The van der Waals surface area contributed by atoms with Crippen LogP contribution in [0.2, 0.25) is 0 Å². The second kappa shape index (κ2) is 12.0. The Bertz CT molecular complexity index is 735. The van der Waals surface area contributed by atoms with Crippen molar-refractivity contribution >= 4 is 41.5 Å². The number of carbonyl (C=O) groups excluding carboxylic acids is 1. The molecule has 2 rings (SSSR count). The van der Waals surface area contributed by atoms with Crippen LogP contribution < -0.4 is 25.4 Å². The monoisotopic (exact) mass is 488 g/mol. The minimum Gasteiger partial charge on any atom is -0.493 e. The van der Waals surface area contributed by atoms with E-state index in [9.17, 15) is 4.79 Å². The SMILES string of the molecule is CCOc1cc(NC(=NC)NCCNC(=O)c2ccco2)ccc1OC.I. The minimum atomic E-state index is -0.253. The summed E-state index contributed by atoms with van der Waals surface area (Å²) in [7, 11) is 3.27. The quantitative estimate of drug-likeness (QED) is 0.229. The Kier molecular flexibility index (Phi) is 10.1. The van der Waals surface area contributed by atoms with Gasteiger partial charge in [0.1, 0.15) is 0 Å². The number of hydrogen-bond acceptors (Lipinski definition) is 5. The van der Waals surface area contributed by atoms with Gasteiger partial charge in [-0.15, -0.1) is 24.0 Å². The van der Waals surface area contributed by atoms with Gasteiger partial charge in [-0.1, -0.05) is 0 Å². The number of methoxy groups -OCH3 is 1. The summed E-state index contributed by atoms with van der Waals surface area (Å²) in [6, 6.07) is 8.82. The number of hydrogen-bond donors (Lipinski definition) is 3. The van der Waals surface area contributed by atoms with Gasteiger partial charge in [0.25, 0.3) is 5.91 Å². The number of rotatable bonds is 8. The summed E-state index contributed by atoms with van der Waals surface area (Å²) in [6.45, 7) is 3.38. The van der Waals surface area contributed by atoms with Gasteiger partial charge in [0.15, 0.2) is 23.2 Å². The van der Waals surface area contributed by atoms with E-state index < -0.39 is 0 Å². The first-order valence-corrected chi connectivity index (χ1v) is 8.28. The average Bonchev–Trinajstić information content (AvgIpc) is 3.19. The van der Waals surface area contributed by atoms with Gasteiger partial charge in [0.2, 0.25) is 0 Å². The summed E-state index contributed by atoms with van der Waals surface area (Å²) in [4.78, 5) is 15.9. The van der Waals surface area contributed by atoms with E-state index in [1.165, 1.54) is 6.26 Å². The highest BCUT2D eigenvalue weighted by Crippen LogP contribution is 2.30. The molecule has 1 amide bonds. The molecule has 0 saturated heterocycles. The molecular formula is C18H25IN4O4. The molecule has 0 saturated carbocycles. The molecule has 0 unspecified atom stereocenters. The highest BCUT2D eigenvalue weighted by molar-refractivity contribution is 14.0. The van der Waals surface area contributed by atoms with Crippen LogP contribution in [0.5, 0.6) is 11.5 Å². The summed E-state index contributed by atoms with van der Waals surface area (Å²) < 4.78 is 15.9. The zero-order valence-corrected chi connectivity index (χ0v) is 17.9. The van der Waals surface area contributed by atoms with Crippen molar-refractivity contribution in [1.82, 2.24) is 10.6 Å². The van der Waals surface area contributed by atoms with E-state index in [-0.39, 0.29) is 35.6 Å². The van der Waals surface area contributed by atoms with Gasteiger partial charge in [0, 0.05) is 31.9 Å². The molecule has 1 aromatic heterocycles. The highest BCUT2D eigenvalue weighted by atomic mass is 127. The molecule has 0 fully saturated rings. The van der Waals surface area contributed by atoms with Crippen molar-refractivity contribution in [3.63, 3.8) is 0 Å². The topological polar surface area (TPSA) is 97.1 Å². The third kappa shape index (κ3) is 7.00. The predicted molar refractivity (Wildman–Crippen MR) is 116 cm³/mol. The first-order valence-electron chi connectivity index (χ1n) is 8.28. The normalized spacial score (nSPS) is 10.6. The molecule has 0 atom stereocenters.